The highest BCUT2D eigenvalue weighted by Crippen LogP contribution is 2.62. The predicted molar refractivity (Wildman–Crippen MR) is 341 cm³/mol. The number of pyridine rings is 1. The first-order valence-electron chi connectivity index (χ1n) is 29.6. The SMILES string of the molecule is Cc1cc2c3c(c1)N(c1ccc(C(C)(C)C)cc1-c1ccccc1)c1cc4c(cc1B3c1ccc(N3c5ccc(-c6ccncc6)cc5C5(C)CCCCC35C)cc1N2c1ccc(C(C)(C)C)cc1-c1ccccc1)CC(C)(C)C4. The monoisotopic (exact) mass is 1040 g/mol. The molecule has 0 radical (unpaired) electrons. The normalized spacial score (nSPS) is 19.5. The van der Waals surface area contributed by atoms with Gasteiger partial charge in [0.1, 0.15) is 0 Å². The van der Waals surface area contributed by atoms with Gasteiger partial charge in [-0.3, -0.25) is 4.98 Å². The summed E-state index contributed by atoms with van der Waals surface area (Å²) in [4.78, 5) is 12.5. The summed E-state index contributed by atoms with van der Waals surface area (Å²) in [6.07, 6.45) is 10.7. The molecule has 4 nitrogen and oxygen atoms in total. The zero-order chi connectivity index (χ0) is 55.3. The first kappa shape index (κ1) is 50.6. The van der Waals surface area contributed by atoms with Crippen LogP contribution in [0.2, 0.25) is 0 Å². The summed E-state index contributed by atoms with van der Waals surface area (Å²) in [6.45, 7) is 26.4. The quantitative estimate of drug-likeness (QED) is 0.155. The molecule has 0 N–H and O–H groups in total. The van der Waals surface area contributed by atoms with E-state index in [1.807, 2.05) is 12.4 Å². The molecule has 80 heavy (non-hydrogen) atoms. The molecule has 5 aliphatic rings. The topological polar surface area (TPSA) is 22.6 Å². The summed E-state index contributed by atoms with van der Waals surface area (Å²) in [6, 6.07) is 66.5. The standard InChI is InChI=1S/C75H75BN4/c1-48-38-68-70-69(39-48)79(64-31-26-56(72(5,6)7)44-59(64)51-22-16-13-17-23-51)67-45-57(80-65-29-24-52(49-32-36-77-37-33-49)40-60(65)74(10)34-18-19-35-75(74,80)11)27-28-61(67)76(70)62-41-53-46-73(8,9)47-54(53)42-66(62)78(68)63-30-25-55(71(2,3)4)43-58(63)50-20-14-12-15-21-50/h12-17,20-33,36-45H,18-19,34-35,46-47H2,1-11H3. The van der Waals surface area contributed by atoms with Gasteiger partial charge < -0.3 is 14.7 Å². The van der Waals surface area contributed by atoms with Crippen molar-refractivity contribution >= 4 is 68.6 Å². The fourth-order valence-corrected chi connectivity index (χ4v) is 15.3. The van der Waals surface area contributed by atoms with Crippen molar-refractivity contribution in [3.63, 3.8) is 0 Å². The van der Waals surface area contributed by atoms with E-state index in [4.69, 9.17) is 0 Å². The molecule has 5 heteroatoms. The Morgan fingerprint density at radius 1 is 0.463 bits per heavy atom. The lowest BCUT2D eigenvalue weighted by atomic mass is 9.33. The maximum absolute atomic E-state index is 4.39. The second kappa shape index (κ2) is 17.9. The van der Waals surface area contributed by atoms with Crippen LogP contribution in [-0.2, 0) is 29.1 Å². The van der Waals surface area contributed by atoms with Crippen LogP contribution in [0.4, 0.5) is 45.5 Å². The average molecular weight is 1040 g/mol. The van der Waals surface area contributed by atoms with Crippen molar-refractivity contribution in [1.82, 2.24) is 4.98 Å². The van der Waals surface area contributed by atoms with Gasteiger partial charge in [0, 0.05) is 63.1 Å². The minimum absolute atomic E-state index is 0.0199. The number of hydrogen-bond donors (Lipinski definition) is 0. The van der Waals surface area contributed by atoms with Crippen LogP contribution in [0.3, 0.4) is 0 Å². The fraction of sp³-hybridized carbons (Fsp3) is 0.293. The second-order valence-electron chi connectivity index (χ2n) is 27.6. The van der Waals surface area contributed by atoms with E-state index < -0.39 is 0 Å². The van der Waals surface area contributed by atoms with Crippen LogP contribution >= 0.6 is 0 Å². The van der Waals surface area contributed by atoms with Crippen molar-refractivity contribution in [1.29, 1.82) is 0 Å². The number of nitrogens with zero attached hydrogens (tertiary/aromatic N) is 4. The minimum Gasteiger partial charge on any atom is -0.334 e. The van der Waals surface area contributed by atoms with Crippen molar-refractivity contribution in [3.05, 3.63) is 216 Å². The number of fused-ring (bicyclic) bond motifs is 8. The summed E-state index contributed by atoms with van der Waals surface area (Å²) < 4.78 is 0. The van der Waals surface area contributed by atoms with Crippen molar-refractivity contribution in [3.8, 4) is 33.4 Å². The van der Waals surface area contributed by atoms with Gasteiger partial charge in [0.15, 0.2) is 0 Å². The van der Waals surface area contributed by atoms with Gasteiger partial charge in [-0.15, -0.1) is 0 Å². The Kier molecular flexibility index (Phi) is 11.3. The summed E-state index contributed by atoms with van der Waals surface area (Å²) >= 11 is 0. The van der Waals surface area contributed by atoms with Crippen molar-refractivity contribution in [2.24, 2.45) is 5.41 Å². The summed E-state index contributed by atoms with van der Waals surface area (Å²) in [7, 11) is 0. The molecular weight excluding hydrogens is 968 g/mol. The van der Waals surface area contributed by atoms with Crippen LogP contribution < -0.4 is 31.1 Å². The molecule has 8 aromatic carbocycles. The zero-order valence-corrected chi connectivity index (χ0v) is 48.9. The molecule has 1 aromatic heterocycles. The molecule has 9 aromatic rings. The molecule has 1 fully saturated rings. The van der Waals surface area contributed by atoms with E-state index in [0.29, 0.717) is 0 Å². The largest absolute Gasteiger partial charge is 0.334 e. The lowest BCUT2D eigenvalue weighted by Gasteiger charge is -2.50. The van der Waals surface area contributed by atoms with Crippen molar-refractivity contribution < 1.29 is 0 Å². The van der Waals surface area contributed by atoms with Crippen LogP contribution in [0.1, 0.15) is 128 Å². The molecular formula is C75H75BN4. The Labute approximate surface area is 476 Å². The number of benzene rings is 8. The van der Waals surface area contributed by atoms with Crippen LogP contribution in [0.15, 0.2) is 182 Å². The molecule has 3 aliphatic heterocycles. The molecule has 4 heterocycles. The maximum atomic E-state index is 4.39. The maximum Gasteiger partial charge on any atom is 0.252 e. The van der Waals surface area contributed by atoms with Gasteiger partial charge >= 0.3 is 0 Å². The summed E-state index contributed by atoms with van der Waals surface area (Å²) in [5.41, 5.74) is 29.8. The Balaban J connectivity index is 1.07. The van der Waals surface area contributed by atoms with Gasteiger partial charge in [0.05, 0.1) is 16.9 Å². The molecule has 2 atom stereocenters. The predicted octanol–water partition coefficient (Wildman–Crippen LogP) is 17.9. The molecule has 0 saturated heterocycles. The van der Waals surface area contributed by atoms with Crippen LogP contribution in [0.25, 0.3) is 33.4 Å². The Hall–Kier alpha value is -7.63. The summed E-state index contributed by atoms with van der Waals surface area (Å²) in [5.74, 6) is 0. The van der Waals surface area contributed by atoms with Crippen LogP contribution in [0.5, 0.6) is 0 Å². The highest BCUT2D eigenvalue weighted by atomic mass is 15.3. The Morgan fingerprint density at radius 3 is 1.60 bits per heavy atom. The Morgan fingerprint density at radius 2 is 1.01 bits per heavy atom. The van der Waals surface area contributed by atoms with Crippen molar-refractivity contribution in [2.45, 2.75) is 136 Å². The number of aryl methyl sites for hydroxylation is 1. The van der Waals surface area contributed by atoms with E-state index in [2.05, 4.69) is 266 Å². The van der Waals surface area contributed by atoms with E-state index >= 15 is 0 Å². The first-order valence-corrected chi connectivity index (χ1v) is 29.6. The van der Waals surface area contributed by atoms with E-state index in [-0.39, 0.29) is 33.9 Å². The molecule has 1 saturated carbocycles. The van der Waals surface area contributed by atoms with Crippen LogP contribution in [-0.4, -0.2) is 17.2 Å². The van der Waals surface area contributed by atoms with Gasteiger partial charge in [0.25, 0.3) is 6.71 Å². The molecule has 0 amide bonds. The third-order valence-corrected chi connectivity index (χ3v) is 19.6. The van der Waals surface area contributed by atoms with E-state index in [9.17, 15) is 0 Å². The lowest BCUT2D eigenvalue weighted by Crippen LogP contribution is -2.61. The Bertz CT molecular complexity index is 3960. The highest BCUT2D eigenvalue weighted by molar-refractivity contribution is 7.00. The van der Waals surface area contributed by atoms with Gasteiger partial charge in [-0.05, 0) is 207 Å². The number of aromatic nitrogens is 1. The minimum atomic E-state index is -0.145. The van der Waals surface area contributed by atoms with Gasteiger partial charge in [-0.1, -0.05) is 166 Å². The number of hydrogen-bond acceptors (Lipinski definition) is 4. The molecule has 0 spiro atoms. The smallest absolute Gasteiger partial charge is 0.252 e. The van der Waals surface area contributed by atoms with E-state index in [0.717, 1.165) is 25.7 Å². The molecule has 2 unspecified atom stereocenters. The third-order valence-electron chi connectivity index (χ3n) is 19.6. The highest BCUT2D eigenvalue weighted by Gasteiger charge is 2.58. The average Bonchev–Trinajstić information content (AvgIpc) is 3.93. The second-order valence-corrected chi connectivity index (χ2v) is 27.6. The lowest BCUT2D eigenvalue weighted by molar-refractivity contribution is 0.195. The zero-order valence-electron chi connectivity index (χ0n) is 48.9. The van der Waals surface area contributed by atoms with Crippen molar-refractivity contribution in [2.75, 3.05) is 14.7 Å². The van der Waals surface area contributed by atoms with E-state index in [1.54, 1.807) is 0 Å². The van der Waals surface area contributed by atoms with Gasteiger partial charge in [-0.25, -0.2) is 0 Å². The summed E-state index contributed by atoms with van der Waals surface area (Å²) in [5, 5.41) is 0. The van der Waals surface area contributed by atoms with Gasteiger partial charge in [-0.2, -0.15) is 0 Å². The fourth-order valence-electron chi connectivity index (χ4n) is 15.3. The number of rotatable bonds is 6. The molecule has 2 aliphatic carbocycles. The number of anilines is 8. The molecule has 14 rings (SSSR count). The van der Waals surface area contributed by atoms with Crippen LogP contribution in [0, 0.1) is 12.3 Å². The first-order chi connectivity index (χ1) is 38.3. The molecule has 398 valence electrons. The third kappa shape index (κ3) is 7.80. The molecule has 0 bridgehead atoms. The van der Waals surface area contributed by atoms with E-state index in [1.165, 1.54) is 141 Å². The van der Waals surface area contributed by atoms with Gasteiger partial charge in [0.2, 0.25) is 0 Å².